The fraction of sp³-hybridized carbons (Fsp3) is 0.417. The van der Waals surface area contributed by atoms with Gasteiger partial charge in [0.25, 0.3) is 5.91 Å². The highest BCUT2D eigenvalue weighted by atomic mass is 16.5. The number of ether oxygens (including phenoxy) is 1. The fourth-order valence-corrected chi connectivity index (χ4v) is 4.22. The number of aryl methyl sites for hydroxylation is 1. The Morgan fingerprint density at radius 2 is 1.79 bits per heavy atom. The molecule has 1 saturated heterocycles. The highest BCUT2D eigenvalue weighted by molar-refractivity contribution is 6.05. The minimum atomic E-state index is -0.0761. The molecule has 2 aromatic rings. The summed E-state index contributed by atoms with van der Waals surface area (Å²) in [6.45, 7) is 4.51. The molecule has 0 saturated carbocycles. The van der Waals surface area contributed by atoms with E-state index in [-0.39, 0.29) is 11.9 Å². The van der Waals surface area contributed by atoms with Crippen molar-refractivity contribution in [1.82, 2.24) is 9.91 Å². The second kappa shape index (κ2) is 8.78. The molecule has 1 amide bonds. The minimum absolute atomic E-state index is 0.0716. The van der Waals surface area contributed by atoms with Crippen LogP contribution in [0, 0.1) is 6.92 Å². The molecule has 0 radical (unpaired) electrons. The maximum absolute atomic E-state index is 13.2. The first-order valence-electron chi connectivity index (χ1n) is 10.5. The van der Waals surface area contributed by atoms with Crippen LogP contribution in [0.2, 0.25) is 0 Å². The van der Waals surface area contributed by atoms with Crippen LogP contribution < -0.4 is 4.74 Å². The molecule has 1 fully saturated rings. The molecular weight excluding hydrogens is 362 g/mol. The van der Waals surface area contributed by atoms with Crippen LogP contribution in [-0.2, 0) is 4.79 Å². The number of carbonyl (C=O) groups excluding carboxylic acids is 1. The van der Waals surface area contributed by atoms with Crippen molar-refractivity contribution < 1.29 is 9.53 Å². The van der Waals surface area contributed by atoms with Gasteiger partial charge in [-0.15, -0.1) is 0 Å². The number of rotatable bonds is 5. The molecule has 5 nitrogen and oxygen atoms in total. The van der Waals surface area contributed by atoms with Crippen molar-refractivity contribution in [2.45, 2.75) is 38.6 Å². The minimum Gasteiger partial charge on any atom is -0.496 e. The first-order valence-corrected chi connectivity index (χ1v) is 10.5. The Morgan fingerprint density at radius 3 is 2.52 bits per heavy atom. The van der Waals surface area contributed by atoms with Crippen molar-refractivity contribution in [2.75, 3.05) is 26.7 Å². The molecule has 0 bridgehead atoms. The van der Waals surface area contributed by atoms with Gasteiger partial charge in [0.05, 0.1) is 25.4 Å². The Balaban J connectivity index is 1.63. The standard InChI is InChI=1S/C24H29N3O2/c1-18-10-12-19(13-11-18)22-16-21(20-8-4-5-9-23(20)29-2)25-27(22)24(28)17-26-14-6-3-7-15-26/h4-5,8-13,22H,3,6-7,14-17H2,1-2H3/t22-/m1/s1. The lowest BCUT2D eigenvalue weighted by atomic mass is 9.97. The summed E-state index contributed by atoms with van der Waals surface area (Å²) in [6, 6.07) is 16.2. The fourth-order valence-electron chi connectivity index (χ4n) is 4.22. The maximum Gasteiger partial charge on any atom is 0.257 e. The van der Waals surface area contributed by atoms with Gasteiger partial charge in [-0.25, -0.2) is 5.01 Å². The van der Waals surface area contributed by atoms with E-state index in [1.165, 1.54) is 24.8 Å². The van der Waals surface area contributed by atoms with E-state index in [1.54, 1.807) is 12.1 Å². The summed E-state index contributed by atoms with van der Waals surface area (Å²) in [4.78, 5) is 15.5. The SMILES string of the molecule is COc1ccccc1C1=NN(C(=O)CN2CCCCC2)[C@@H](c2ccc(C)cc2)C1. The molecule has 0 unspecified atom stereocenters. The summed E-state index contributed by atoms with van der Waals surface area (Å²) < 4.78 is 5.54. The molecule has 0 spiro atoms. The average Bonchev–Trinajstić information content (AvgIpc) is 3.20. The van der Waals surface area contributed by atoms with Gasteiger partial charge in [-0.3, -0.25) is 9.69 Å². The zero-order chi connectivity index (χ0) is 20.2. The van der Waals surface area contributed by atoms with E-state index in [0.29, 0.717) is 13.0 Å². The highest BCUT2D eigenvalue weighted by Gasteiger charge is 2.34. The van der Waals surface area contributed by atoms with Crippen molar-refractivity contribution in [3.63, 3.8) is 0 Å². The molecule has 1 atom stereocenters. The van der Waals surface area contributed by atoms with E-state index in [0.717, 1.165) is 35.7 Å². The molecule has 2 aliphatic heterocycles. The van der Waals surface area contributed by atoms with Gasteiger partial charge in [0, 0.05) is 12.0 Å². The third kappa shape index (κ3) is 4.35. The molecule has 0 aromatic heterocycles. The van der Waals surface area contributed by atoms with Crippen LogP contribution in [0.25, 0.3) is 0 Å². The Morgan fingerprint density at radius 1 is 1.07 bits per heavy atom. The number of para-hydroxylation sites is 1. The predicted molar refractivity (Wildman–Crippen MR) is 115 cm³/mol. The molecule has 0 aliphatic carbocycles. The lowest BCUT2D eigenvalue weighted by Gasteiger charge is -2.29. The van der Waals surface area contributed by atoms with E-state index in [9.17, 15) is 4.79 Å². The number of hydrogen-bond acceptors (Lipinski definition) is 4. The van der Waals surface area contributed by atoms with Crippen LogP contribution in [0.5, 0.6) is 5.75 Å². The Hall–Kier alpha value is -2.66. The van der Waals surface area contributed by atoms with Crippen LogP contribution in [0.1, 0.15) is 48.4 Å². The number of hydrogen-bond donors (Lipinski definition) is 0. The third-order valence-electron chi connectivity index (χ3n) is 5.85. The molecule has 0 N–H and O–H groups in total. The predicted octanol–water partition coefficient (Wildman–Crippen LogP) is 4.17. The van der Waals surface area contributed by atoms with E-state index < -0.39 is 0 Å². The Kier molecular flexibility index (Phi) is 5.95. The molecule has 2 heterocycles. The molecule has 29 heavy (non-hydrogen) atoms. The van der Waals surface area contributed by atoms with E-state index in [4.69, 9.17) is 9.84 Å². The van der Waals surface area contributed by atoms with Crippen LogP contribution in [0.4, 0.5) is 0 Å². The monoisotopic (exact) mass is 391 g/mol. The van der Waals surface area contributed by atoms with Crippen molar-refractivity contribution in [2.24, 2.45) is 5.10 Å². The van der Waals surface area contributed by atoms with Gasteiger partial charge in [-0.2, -0.15) is 5.10 Å². The van der Waals surface area contributed by atoms with Crippen molar-refractivity contribution >= 4 is 11.6 Å². The van der Waals surface area contributed by atoms with Gasteiger partial charge in [-0.1, -0.05) is 48.4 Å². The lowest BCUT2D eigenvalue weighted by molar-refractivity contribution is -0.134. The van der Waals surface area contributed by atoms with E-state index >= 15 is 0 Å². The Bertz CT molecular complexity index is 885. The highest BCUT2D eigenvalue weighted by Crippen LogP contribution is 2.35. The second-order valence-corrected chi connectivity index (χ2v) is 7.95. The third-order valence-corrected chi connectivity index (χ3v) is 5.85. The van der Waals surface area contributed by atoms with Gasteiger partial charge in [0.1, 0.15) is 5.75 Å². The quantitative estimate of drug-likeness (QED) is 0.769. The first-order chi connectivity index (χ1) is 14.2. The number of methoxy groups -OCH3 is 1. The van der Waals surface area contributed by atoms with Crippen molar-refractivity contribution in [1.29, 1.82) is 0 Å². The lowest BCUT2D eigenvalue weighted by Crippen LogP contribution is -2.40. The molecule has 5 heteroatoms. The van der Waals surface area contributed by atoms with Crippen molar-refractivity contribution in [3.8, 4) is 5.75 Å². The first kappa shape index (κ1) is 19.6. The van der Waals surface area contributed by atoms with Crippen LogP contribution >= 0.6 is 0 Å². The summed E-state index contributed by atoms with van der Waals surface area (Å²) in [7, 11) is 1.67. The Labute approximate surface area is 173 Å². The molecule has 2 aromatic carbocycles. The van der Waals surface area contributed by atoms with Gasteiger partial charge in [0.2, 0.25) is 0 Å². The molecule has 152 valence electrons. The zero-order valence-electron chi connectivity index (χ0n) is 17.3. The molecule has 2 aliphatic rings. The normalized spacial score (nSPS) is 19.9. The largest absolute Gasteiger partial charge is 0.496 e. The van der Waals surface area contributed by atoms with E-state index in [1.807, 2.05) is 24.3 Å². The van der Waals surface area contributed by atoms with Crippen LogP contribution in [0.3, 0.4) is 0 Å². The number of hydrazone groups is 1. The number of piperidine rings is 1. The van der Waals surface area contributed by atoms with Gasteiger partial charge < -0.3 is 4.74 Å². The summed E-state index contributed by atoms with van der Waals surface area (Å²) in [5, 5.41) is 6.52. The smallest absolute Gasteiger partial charge is 0.257 e. The summed E-state index contributed by atoms with van der Waals surface area (Å²) in [5.74, 6) is 0.863. The number of carbonyl (C=O) groups is 1. The van der Waals surface area contributed by atoms with Crippen molar-refractivity contribution in [3.05, 3.63) is 65.2 Å². The maximum atomic E-state index is 13.2. The second-order valence-electron chi connectivity index (χ2n) is 7.95. The van der Waals surface area contributed by atoms with Crippen LogP contribution in [0.15, 0.2) is 53.6 Å². The number of nitrogens with zero attached hydrogens (tertiary/aromatic N) is 3. The van der Waals surface area contributed by atoms with E-state index in [2.05, 4.69) is 36.1 Å². The zero-order valence-corrected chi connectivity index (χ0v) is 17.3. The topological polar surface area (TPSA) is 45.1 Å². The van der Waals surface area contributed by atoms with Crippen LogP contribution in [-0.4, -0.2) is 48.3 Å². The summed E-state index contributed by atoms with van der Waals surface area (Å²) in [6.07, 6.45) is 4.29. The van der Waals surface area contributed by atoms with Gasteiger partial charge >= 0.3 is 0 Å². The van der Waals surface area contributed by atoms with Gasteiger partial charge in [-0.05, 0) is 50.6 Å². The number of amides is 1. The summed E-state index contributed by atoms with van der Waals surface area (Å²) in [5.41, 5.74) is 4.19. The average molecular weight is 392 g/mol. The molecule has 4 rings (SSSR count). The number of benzene rings is 2. The number of likely N-dealkylation sites (tertiary alicyclic amines) is 1. The summed E-state index contributed by atoms with van der Waals surface area (Å²) >= 11 is 0. The van der Waals surface area contributed by atoms with Gasteiger partial charge in [0.15, 0.2) is 0 Å². The molecular formula is C24H29N3O2.